The molecule has 0 saturated carbocycles. The Morgan fingerprint density at radius 2 is 0.939 bits per heavy atom. The Hall–Kier alpha value is -4.46. The molecule has 0 aromatic heterocycles. The summed E-state index contributed by atoms with van der Waals surface area (Å²) in [6, 6.07) is 18.3. The van der Waals surface area contributed by atoms with Crippen LogP contribution in [0, 0.1) is 0 Å². The van der Waals surface area contributed by atoms with Crippen LogP contribution in [0.15, 0.2) is 85.0 Å². The molecule has 0 bridgehead atoms. The number of para-hydroxylation sites is 2. The summed E-state index contributed by atoms with van der Waals surface area (Å²) in [7, 11) is -3.18. The maximum atomic E-state index is 9.78. The Labute approximate surface area is 190 Å². The number of rotatable bonds is 8. The molecule has 13 heteroatoms. The summed E-state index contributed by atoms with van der Waals surface area (Å²) < 4.78 is 11.0. The molecule has 2 amide bonds. The minimum Gasteiger partial charge on any atom is -0.490 e. The smallest absolute Gasteiger partial charge is 0.490 e. The van der Waals surface area contributed by atoms with Gasteiger partial charge in [-0.25, -0.2) is 9.59 Å². The van der Waals surface area contributed by atoms with Crippen molar-refractivity contribution in [3.05, 3.63) is 85.0 Å². The quantitative estimate of drug-likeness (QED) is 0.215. The lowest BCUT2D eigenvalue weighted by Gasteiger charge is -2.22. The molecule has 0 atom stereocenters. The summed E-state index contributed by atoms with van der Waals surface area (Å²) in [4.78, 5) is 38.8. The zero-order chi connectivity index (χ0) is 25.3. The van der Waals surface area contributed by atoms with Crippen molar-refractivity contribution in [1.82, 2.24) is 0 Å². The number of primary amides is 2. The molecule has 0 aliphatic heterocycles. The molecule has 0 aliphatic carbocycles. The highest BCUT2D eigenvalue weighted by Crippen LogP contribution is 2.14. The van der Waals surface area contributed by atoms with Crippen LogP contribution in [0.5, 0.6) is 11.5 Å². The molecule has 10 N–H and O–H groups in total. The third-order valence-electron chi connectivity index (χ3n) is 2.82. The highest BCUT2D eigenvalue weighted by molar-refractivity contribution is 6.62. The van der Waals surface area contributed by atoms with E-state index in [-0.39, 0.29) is 0 Å². The molecule has 0 saturated heterocycles. The zero-order valence-electron chi connectivity index (χ0n) is 17.2. The fourth-order valence-electron chi connectivity index (χ4n) is 1.67. The largest absolute Gasteiger partial charge is 0.644 e. The van der Waals surface area contributed by atoms with Crippen molar-refractivity contribution in [3.63, 3.8) is 0 Å². The highest BCUT2D eigenvalue weighted by atomic mass is 28.4. The third-order valence-corrected chi connectivity index (χ3v) is 3.93. The summed E-state index contributed by atoms with van der Waals surface area (Å²) in [5.41, 5.74) is 9.10. The summed E-state index contributed by atoms with van der Waals surface area (Å²) in [6.45, 7) is 0. The van der Waals surface area contributed by atoms with Gasteiger partial charge in [-0.3, -0.25) is 20.4 Å². The van der Waals surface area contributed by atoms with E-state index in [1.165, 1.54) is 0 Å². The number of carbonyl (C=O) groups is 4. The van der Waals surface area contributed by atoms with Crippen LogP contribution in [-0.2, 0) is 19.2 Å². The first-order valence-corrected chi connectivity index (χ1v) is 10.8. The van der Waals surface area contributed by atoms with Crippen molar-refractivity contribution < 1.29 is 38.2 Å². The minimum absolute atomic E-state index is 0.611. The van der Waals surface area contributed by atoms with Crippen molar-refractivity contribution in [2.75, 3.05) is 0 Å². The predicted octanol–water partition coefficient (Wildman–Crippen LogP) is -0.278. The van der Waals surface area contributed by atoms with Crippen LogP contribution >= 0.6 is 0 Å². The van der Waals surface area contributed by atoms with Crippen molar-refractivity contribution in [2.45, 2.75) is 0 Å². The highest BCUT2D eigenvalue weighted by Gasteiger charge is 2.34. The first-order valence-electron chi connectivity index (χ1n) is 8.88. The number of hydrogen-bond donors (Lipinski definition) is 6. The SMILES string of the molecule is NC(=O)/C=C\C(=O)O.NC(=O)/C=C\C(=O)O.N[Si](N)(Oc1ccccc1)Oc1ccccc1. The second kappa shape index (κ2) is 15.4. The van der Waals surface area contributed by atoms with Crippen LogP contribution in [0.2, 0.25) is 0 Å². The van der Waals surface area contributed by atoms with Gasteiger partial charge in [0.25, 0.3) is 0 Å². The lowest BCUT2D eigenvalue weighted by molar-refractivity contribution is -0.132. The van der Waals surface area contributed by atoms with Gasteiger partial charge >= 0.3 is 20.8 Å². The molecule has 0 heterocycles. The Kier molecular flexibility index (Phi) is 13.3. The van der Waals surface area contributed by atoms with Gasteiger partial charge in [0, 0.05) is 24.3 Å². The number of amides is 2. The number of benzene rings is 2. The summed E-state index contributed by atoms with van der Waals surface area (Å²) in [6.07, 6.45) is 2.93. The van der Waals surface area contributed by atoms with Gasteiger partial charge in [-0.15, -0.1) is 0 Å². The second-order valence-corrected chi connectivity index (χ2v) is 7.55. The minimum atomic E-state index is -3.18. The summed E-state index contributed by atoms with van der Waals surface area (Å²) in [5.74, 6) is -2.65. The van der Waals surface area contributed by atoms with E-state index in [0.717, 1.165) is 12.2 Å². The standard InChI is InChI=1S/C12H14N2O2Si.2C4H5NO3/c13-17(14,15-11-7-3-1-4-8-11)16-12-9-5-2-6-10-12;2*5-3(6)1-2-4(7)8/h1-10H,13-14H2;2*1-2H,(H2,5,6)(H,7,8)/b;2*2-1-. The van der Waals surface area contributed by atoms with Crippen LogP contribution in [0.1, 0.15) is 0 Å². The van der Waals surface area contributed by atoms with E-state index in [2.05, 4.69) is 11.5 Å². The van der Waals surface area contributed by atoms with Gasteiger partial charge in [-0.2, -0.15) is 0 Å². The molecule has 0 radical (unpaired) electrons. The van der Waals surface area contributed by atoms with Gasteiger partial charge in [0.15, 0.2) is 0 Å². The monoisotopic (exact) mass is 476 g/mol. The van der Waals surface area contributed by atoms with Gasteiger partial charge in [0.1, 0.15) is 11.5 Å². The van der Waals surface area contributed by atoms with Crippen LogP contribution in [-0.4, -0.2) is 42.9 Å². The van der Waals surface area contributed by atoms with Crippen molar-refractivity contribution in [1.29, 1.82) is 0 Å². The maximum Gasteiger partial charge on any atom is 0.644 e. The van der Waals surface area contributed by atoms with E-state index < -0.39 is 32.6 Å². The molecule has 12 nitrogen and oxygen atoms in total. The Bertz CT molecular complexity index is 857. The summed E-state index contributed by atoms with van der Waals surface area (Å²) in [5, 5.41) is 27.4. The maximum absolute atomic E-state index is 9.78. The topological polar surface area (TPSA) is 231 Å². The molecule has 33 heavy (non-hydrogen) atoms. The number of carboxylic acids is 2. The van der Waals surface area contributed by atoms with Gasteiger partial charge in [-0.05, 0) is 24.3 Å². The van der Waals surface area contributed by atoms with Crippen LogP contribution < -0.4 is 31.1 Å². The Morgan fingerprint density at radius 1 is 0.636 bits per heavy atom. The molecule has 0 spiro atoms. The van der Waals surface area contributed by atoms with E-state index in [4.69, 9.17) is 29.9 Å². The van der Waals surface area contributed by atoms with Crippen LogP contribution in [0.4, 0.5) is 0 Å². The van der Waals surface area contributed by atoms with Crippen molar-refractivity contribution in [3.8, 4) is 11.5 Å². The van der Waals surface area contributed by atoms with Gasteiger partial charge in [0.2, 0.25) is 11.8 Å². The molecule has 2 aromatic carbocycles. The van der Waals surface area contributed by atoms with E-state index >= 15 is 0 Å². The third kappa shape index (κ3) is 18.1. The Balaban J connectivity index is 0.000000539. The van der Waals surface area contributed by atoms with Crippen LogP contribution in [0.25, 0.3) is 0 Å². The molecule has 0 unspecified atom stereocenters. The molecule has 0 aliphatic rings. The number of carbonyl (C=O) groups excluding carboxylic acids is 2. The normalized spacial score (nSPS) is 10.2. The van der Waals surface area contributed by atoms with Crippen LogP contribution in [0.3, 0.4) is 0 Å². The fourth-order valence-corrected chi connectivity index (χ4v) is 2.72. The van der Waals surface area contributed by atoms with E-state index in [0.29, 0.717) is 23.7 Å². The second-order valence-electron chi connectivity index (χ2n) is 5.70. The van der Waals surface area contributed by atoms with Gasteiger partial charge in [0.05, 0.1) is 0 Å². The molecule has 0 fully saturated rings. The van der Waals surface area contributed by atoms with Gasteiger partial charge in [-0.1, -0.05) is 36.4 Å². The lowest BCUT2D eigenvalue weighted by Crippen LogP contribution is -2.66. The molecular weight excluding hydrogens is 452 g/mol. The van der Waals surface area contributed by atoms with E-state index in [9.17, 15) is 19.2 Å². The number of hydrogen-bond acceptors (Lipinski definition) is 8. The van der Waals surface area contributed by atoms with Gasteiger partial charge < -0.3 is 30.5 Å². The fraction of sp³-hybridized carbons (Fsp3) is 0. The average molecular weight is 477 g/mol. The van der Waals surface area contributed by atoms with E-state index in [1.807, 2.05) is 36.4 Å². The number of nitrogens with two attached hydrogens (primary N) is 4. The van der Waals surface area contributed by atoms with Crippen molar-refractivity contribution >= 4 is 32.6 Å². The molecule has 176 valence electrons. The average Bonchev–Trinajstić information content (AvgIpc) is 2.72. The molecular formula is C20H24N4O8Si. The molecule has 2 aromatic rings. The van der Waals surface area contributed by atoms with Crippen molar-refractivity contribution in [2.24, 2.45) is 22.3 Å². The number of carboxylic acid groups (broad SMARTS) is 2. The predicted molar refractivity (Wildman–Crippen MR) is 120 cm³/mol. The van der Waals surface area contributed by atoms with E-state index in [1.54, 1.807) is 24.3 Å². The Morgan fingerprint density at radius 3 is 1.15 bits per heavy atom. The number of aliphatic carboxylic acids is 2. The zero-order valence-corrected chi connectivity index (χ0v) is 18.2. The first-order chi connectivity index (χ1) is 15.4. The summed E-state index contributed by atoms with van der Waals surface area (Å²) >= 11 is 0. The molecule has 2 rings (SSSR count). The first kappa shape index (κ1) is 28.5. The lowest BCUT2D eigenvalue weighted by atomic mass is 10.3.